The van der Waals surface area contributed by atoms with Crippen LogP contribution in [-0.4, -0.2) is 19.5 Å². The molecule has 0 heterocycles. The average molecular weight is 279 g/mol. The minimum atomic E-state index is -4.40. The lowest BCUT2D eigenvalue weighted by Crippen LogP contribution is -2.22. The molecule has 3 nitrogen and oxygen atoms in total. The maximum Gasteiger partial charge on any atom is 0.416 e. The molecule has 0 aliphatic carbocycles. The largest absolute Gasteiger partial charge is 0.453 e. The minimum absolute atomic E-state index is 0.00977. The molecular weight excluding hydrogens is 267 g/mol. The summed E-state index contributed by atoms with van der Waals surface area (Å²) in [6, 6.07) is 3.68. The third-order valence-electron chi connectivity index (χ3n) is 2.15. The van der Waals surface area contributed by atoms with Gasteiger partial charge in [-0.2, -0.15) is 13.2 Å². The van der Waals surface area contributed by atoms with Crippen molar-refractivity contribution >= 4 is 17.9 Å². The molecule has 1 rings (SSSR count). The number of ether oxygens (including phenoxy) is 1. The predicted molar refractivity (Wildman–Crippen MR) is 62.5 cm³/mol. The van der Waals surface area contributed by atoms with E-state index in [0.717, 1.165) is 12.1 Å². The van der Waals surface area contributed by atoms with Gasteiger partial charge < -0.3 is 10.1 Å². The molecule has 0 atom stereocenters. The van der Waals surface area contributed by atoms with E-state index in [4.69, 9.17) is 0 Å². The van der Waals surface area contributed by atoms with Crippen LogP contribution in [0.3, 0.4) is 0 Å². The number of hydrogen-bond acceptors (Lipinski definition) is 3. The van der Waals surface area contributed by atoms with Crippen LogP contribution in [0, 0.1) is 0 Å². The number of carbonyl (C=O) groups excluding carboxylic acids is 1. The fourth-order valence-electron chi connectivity index (χ4n) is 1.29. The second-order valence-electron chi connectivity index (χ2n) is 3.41. The highest BCUT2D eigenvalue weighted by atomic mass is 32.2. The molecule has 0 radical (unpaired) electrons. The SMILES string of the molecule is COC(=O)NCc1cc(SC)cc(C(F)(F)F)c1. The molecule has 0 fully saturated rings. The van der Waals surface area contributed by atoms with Crippen LogP contribution in [-0.2, 0) is 17.5 Å². The summed E-state index contributed by atoms with van der Waals surface area (Å²) in [4.78, 5) is 11.4. The van der Waals surface area contributed by atoms with Gasteiger partial charge in [0.05, 0.1) is 12.7 Å². The van der Waals surface area contributed by atoms with Gasteiger partial charge >= 0.3 is 12.3 Å². The first-order valence-corrected chi connectivity index (χ1v) is 6.16. The fraction of sp³-hybridized carbons (Fsp3) is 0.364. The molecule has 1 N–H and O–H groups in total. The number of benzene rings is 1. The van der Waals surface area contributed by atoms with E-state index in [1.165, 1.54) is 18.9 Å². The zero-order valence-corrected chi connectivity index (χ0v) is 10.6. The zero-order valence-electron chi connectivity index (χ0n) is 9.80. The van der Waals surface area contributed by atoms with Gasteiger partial charge in [0.25, 0.3) is 0 Å². The number of methoxy groups -OCH3 is 1. The Morgan fingerprint density at radius 1 is 1.39 bits per heavy atom. The summed E-state index contributed by atoms with van der Waals surface area (Å²) in [5.41, 5.74) is -0.351. The summed E-state index contributed by atoms with van der Waals surface area (Å²) in [6.07, 6.45) is -3.39. The Kier molecular flexibility index (Phi) is 4.89. The summed E-state index contributed by atoms with van der Waals surface area (Å²) in [5.74, 6) is 0. The molecule has 0 aliphatic heterocycles. The van der Waals surface area contributed by atoms with Crippen molar-refractivity contribution in [2.75, 3.05) is 13.4 Å². The van der Waals surface area contributed by atoms with Gasteiger partial charge in [-0.15, -0.1) is 11.8 Å². The van der Waals surface area contributed by atoms with Gasteiger partial charge in [0.15, 0.2) is 0 Å². The van der Waals surface area contributed by atoms with E-state index in [0.29, 0.717) is 10.5 Å². The van der Waals surface area contributed by atoms with Crippen LogP contribution < -0.4 is 5.32 Å². The van der Waals surface area contributed by atoms with Crippen LogP contribution in [0.15, 0.2) is 23.1 Å². The number of halogens is 3. The second kappa shape index (κ2) is 5.99. The molecule has 0 aliphatic rings. The van der Waals surface area contributed by atoms with Crippen LogP contribution in [0.4, 0.5) is 18.0 Å². The lowest BCUT2D eigenvalue weighted by atomic mass is 10.1. The first-order valence-electron chi connectivity index (χ1n) is 4.93. The van der Waals surface area contributed by atoms with Crippen LogP contribution in [0.2, 0.25) is 0 Å². The van der Waals surface area contributed by atoms with Gasteiger partial charge in [0, 0.05) is 11.4 Å². The highest BCUT2D eigenvalue weighted by molar-refractivity contribution is 7.98. The summed E-state index contributed by atoms with van der Waals surface area (Å²) in [7, 11) is 1.19. The van der Waals surface area contributed by atoms with Crippen molar-refractivity contribution in [1.82, 2.24) is 5.32 Å². The number of amides is 1. The predicted octanol–water partition coefficient (Wildman–Crippen LogP) is 3.28. The van der Waals surface area contributed by atoms with E-state index in [1.54, 1.807) is 12.3 Å². The molecule has 100 valence electrons. The monoisotopic (exact) mass is 279 g/mol. The Hall–Kier alpha value is -1.37. The normalized spacial score (nSPS) is 11.2. The van der Waals surface area contributed by atoms with E-state index in [-0.39, 0.29) is 6.54 Å². The maximum atomic E-state index is 12.6. The lowest BCUT2D eigenvalue weighted by Gasteiger charge is -2.11. The van der Waals surface area contributed by atoms with Crippen LogP contribution in [0.25, 0.3) is 0 Å². The van der Waals surface area contributed by atoms with Crippen LogP contribution >= 0.6 is 11.8 Å². The first-order chi connectivity index (χ1) is 8.36. The van der Waals surface area contributed by atoms with Crippen molar-refractivity contribution in [3.63, 3.8) is 0 Å². The Morgan fingerprint density at radius 2 is 2.06 bits per heavy atom. The Morgan fingerprint density at radius 3 is 2.56 bits per heavy atom. The molecule has 1 amide bonds. The summed E-state index contributed by atoms with van der Waals surface area (Å²) in [6.45, 7) is -0.00977. The van der Waals surface area contributed by atoms with Gasteiger partial charge in [0.2, 0.25) is 0 Å². The molecule has 0 unspecified atom stereocenters. The van der Waals surface area contributed by atoms with Gasteiger partial charge in [-0.05, 0) is 30.0 Å². The minimum Gasteiger partial charge on any atom is -0.453 e. The fourth-order valence-corrected chi connectivity index (χ4v) is 1.80. The highest BCUT2D eigenvalue weighted by Crippen LogP contribution is 2.32. The Labute approximate surface area is 107 Å². The van der Waals surface area contributed by atoms with Crippen molar-refractivity contribution in [1.29, 1.82) is 0 Å². The molecule has 1 aromatic carbocycles. The molecule has 18 heavy (non-hydrogen) atoms. The quantitative estimate of drug-likeness (QED) is 0.863. The summed E-state index contributed by atoms with van der Waals surface area (Å²) in [5, 5.41) is 2.34. The maximum absolute atomic E-state index is 12.6. The van der Waals surface area contributed by atoms with Gasteiger partial charge in [-0.25, -0.2) is 4.79 Å². The van der Waals surface area contributed by atoms with Gasteiger partial charge in [-0.1, -0.05) is 0 Å². The molecule has 0 saturated heterocycles. The topological polar surface area (TPSA) is 38.3 Å². The molecule has 1 aromatic rings. The average Bonchev–Trinajstić information content (AvgIpc) is 2.34. The van der Waals surface area contributed by atoms with Crippen molar-refractivity contribution in [2.24, 2.45) is 0 Å². The number of hydrogen-bond donors (Lipinski definition) is 1. The third kappa shape index (κ3) is 4.14. The lowest BCUT2D eigenvalue weighted by molar-refractivity contribution is -0.137. The zero-order chi connectivity index (χ0) is 13.8. The summed E-state index contributed by atoms with van der Waals surface area (Å²) >= 11 is 1.21. The van der Waals surface area contributed by atoms with E-state index in [2.05, 4.69) is 10.1 Å². The van der Waals surface area contributed by atoms with Crippen LogP contribution in [0.5, 0.6) is 0 Å². The summed E-state index contributed by atoms with van der Waals surface area (Å²) < 4.78 is 42.2. The smallest absolute Gasteiger partial charge is 0.416 e. The number of alkyl halides is 3. The Balaban J connectivity index is 2.94. The second-order valence-corrected chi connectivity index (χ2v) is 4.29. The molecule has 0 bridgehead atoms. The van der Waals surface area contributed by atoms with Crippen LogP contribution in [0.1, 0.15) is 11.1 Å². The van der Waals surface area contributed by atoms with Gasteiger partial charge in [-0.3, -0.25) is 0 Å². The van der Waals surface area contributed by atoms with Crippen molar-refractivity contribution in [2.45, 2.75) is 17.6 Å². The molecular formula is C11H12F3NO2S. The number of nitrogens with one attached hydrogen (secondary N) is 1. The van der Waals surface area contributed by atoms with E-state index in [1.807, 2.05) is 0 Å². The molecule has 0 saturated carbocycles. The van der Waals surface area contributed by atoms with Crippen molar-refractivity contribution in [3.8, 4) is 0 Å². The Bertz CT molecular complexity index is 435. The van der Waals surface area contributed by atoms with E-state index < -0.39 is 17.8 Å². The number of rotatable bonds is 3. The molecule has 0 spiro atoms. The van der Waals surface area contributed by atoms with E-state index >= 15 is 0 Å². The standard InChI is InChI=1S/C11H12F3NO2S/c1-17-10(16)15-6-7-3-8(11(12,13)14)5-9(4-7)18-2/h3-5H,6H2,1-2H3,(H,15,16). The van der Waals surface area contributed by atoms with Crippen molar-refractivity contribution < 1.29 is 22.7 Å². The number of thioether (sulfide) groups is 1. The van der Waals surface area contributed by atoms with E-state index in [9.17, 15) is 18.0 Å². The third-order valence-corrected chi connectivity index (χ3v) is 2.86. The number of carbonyl (C=O) groups is 1. The van der Waals surface area contributed by atoms with Gasteiger partial charge in [0.1, 0.15) is 0 Å². The number of alkyl carbamates (subject to hydrolysis) is 1. The highest BCUT2D eigenvalue weighted by Gasteiger charge is 2.31. The first kappa shape index (κ1) is 14.7. The molecule has 7 heteroatoms. The van der Waals surface area contributed by atoms with Crippen molar-refractivity contribution in [3.05, 3.63) is 29.3 Å². The molecule has 0 aromatic heterocycles.